The van der Waals surface area contributed by atoms with Crippen LogP contribution in [-0.4, -0.2) is 28.0 Å². The Hall–Kier alpha value is -2.99. The second-order valence-corrected chi connectivity index (χ2v) is 6.78. The van der Waals surface area contributed by atoms with E-state index in [4.69, 9.17) is 4.74 Å². The van der Waals surface area contributed by atoms with Crippen LogP contribution in [-0.2, 0) is 17.9 Å². The minimum Gasteiger partial charge on any atom is -0.380 e. The fraction of sp³-hybridized carbons (Fsp3) is 0.286. The fourth-order valence-corrected chi connectivity index (χ4v) is 3.12. The van der Waals surface area contributed by atoms with Gasteiger partial charge in [0.15, 0.2) is 5.69 Å². The van der Waals surface area contributed by atoms with Crippen molar-refractivity contribution in [2.75, 3.05) is 7.11 Å². The highest BCUT2D eigenvalue weighted by Gasteiger charge is 2.34. The summed E-state index contributed by atoms with van der Waals surface area (Å²) in [5.74, 6) is 0.175. The van der Waals surface area contributed by atoms with Crippen molar-refractivity contribution < 1.29 is 9.53 Å². The van der Waals surface area contributed by atoms with Crippen molar-refractivity contribution in [3.8, 4) is 5.69 Å². The summed E-state index contributed by atoms with van der Waals surface area (Å²) in [5.41, 5.74) is 4.41. The Kier molecular flexibility index (Phi) is 4.98. The first-order valence-corrected chi connectivity index (χ1v) is 9.12. The molecule has 0 aliphatic heterocycles. The van der Waals surface area contributed by atoms with Crippen LogP contribution in [0.25, 0.3) is 5.69 Å². The largest absolute Gasteiger partial charge is 0.380 e. The highest BCUT2D eigenvalue weighted by atomic mass is 16.5. The van der Waals surface area contributed by atoms with Crippen molar-refractivity contribution in [3.63, 3.8) is 0 Å². The van der Waals surface area contributed by atoms with Gasteiger partial charge in [-0.25, -0.2) is 4.68 Å². The lowest BCUT2D eigenvalue weighted by Gasteiger charge is -2.08. The zero-order chi connectivity index (χ0) is 18.6. The Morgan fingerprint density at radius 3 is 2.48 bits per heavy atom. The fourth-order valence-electron chi connectivity index (χ4n) is 3.12. The molecule has 1 fully saturated rings. The Morgan fingerprint density at radius 1 is 1.11 bits per heavy atom. The number of hydrogen-bond acceptors (Lipinski definition) is 4. The maximum absolute atomic E-state index is 12.7. The number of carbonyl (C=O) groups is 1. The lowest BCUT2D eigenvalue weighted by Crippen LogP contribution is -2.24. The van der Waals surface area contributed by atoms with Crippen molar-refractivity contribution in [2.45, 2.75) is 31.9 Å². The van der Waals surface area contributed by atoms with Crippen molar-refractivity contribution in [1.29, 1.82) is 0 Å². The second kappa shape index (κ2) is 7.72. The summed E-state index contributed by atoms with van der Waals surface area (Å²) in [6.45, 7) is 1.04. The molecular formula is C21H22N4O2. The number of para-hydroxylation sites is 1. The summed E-state index contributed by atoms with van der Waals surface area (Å²) in [6, 6.07) is 17.8. The van der Waals surface area contributed by atoms with Crippen LogP contribution in [0.5, 0.6) is 0 Å². The van der Waals surface area contributed by atoms with Gasteiger partial charge in [0, 0.05) is 19.6 Å². The standard InChI is InChI=1S/C21H22N4O2/c1-27-14-16-9-7-15(8-10-16)13-22-21(26)19-20(17-11-12-17)25(24-23-19)18-5-3-2-4-6-18/h2-10,17H,11-14H2,1H3,(H,22,26). The number of nitrogens with zero attached hydrogens (tertiary/aromatic N) is 3. The molecule has 1 saturated carbocycles. The minimum atomic E-state index is -0.181. The highest BCUT2D eigenvalue weighted by molar-refractivity contribution is 5.93. The molecule has 0 unspecified atom stereocenters. The van der Waals surface area contributed by atoms with E-state index in [0.717, 1.165) is 35.3 Å². The molecule has 6 heteroatoms. The average molecular weight is 362 g/mol. The normalized spacial score (nSPS) is 13.5. The molecule has 1 N–H and O–H groups in total. The summed E-state index contributed by atoms with van der Waals surface area (Å²) in [7, 11) is 1.67. The third-order valence-corrected chi connectivity index (χ3v) is 4.67. The molecule has 1 amide bonds. The van der Waals surface area contributed by atoms with Crippen LogP contribution in [0.15, 0.2) is 54.6 Å². The maximum Gasteiger partial charge on any atom is 0.274 e. The molecule has 1 aliphatic carbocycles. The quantitative estimate of drug-likeness (QED) is 0.701. The molecule has 4 rings (SSSR count). The van der Waals surface area contributed by atoms with Gasteiger partial charge in [-0.15, -0.1) is 5.10 Å². The molecule has 6 nitrogen and oxygen atoms in total. The number of amides is 1. The lowest BCUT2D eigenvalue weighted by molar-refractivity contribution is 0.0944. The Morgan fingerprint density at radius 2 is 1.81 bits per heavy atom. The molecular weight excluding hydrogens is 340 g/mol. The Bertz CT molecular complexity index is 915. The predicted octanol–water partition coefficient (Wildman–Crippen LogP) is 3.22. The zero-order valence-corrected chi connectivity index (χ0v) is 15.3. The van der Waals surface area contributed by atoms with Crippen LogP contribution in [0.1, 0.15) is 46.1 Å². The first kappa shape index (κ1) is 17.4. The van der Waals surface area contributed by atoms with Gasteiger partial charge in [-0.05, 0) is 36.1 Å². The summed E-state index contributed by atoms with van der Waals surface area (Å²) >= 11 is 0. The SMILES string of the molecule is COCc1ccc(CNC(=O)c2nnn(-c3ccccc3)c2C2CC2)cc1. The molecule has 1 heterocycles. The molecule has 0 radical (unpaired) electrons. The Balaban J connectivity index is 1.50. The van der Waals surface area contributed by atoms with Crippen LogP contribution >= 0.6 is 0 Å². The first-order valence-electron chi connectivity index (χ1n) is 9.12. The van der Waals surface area contributed by atoms with Gasteiger partial charge in [-0.1, -0.05) is 47.7 Å². The van der Waals surface area contributed by atoms with Crippen molar-refractivity contribution in [2.24, 2.45) is 0 Å². The van der Waals surface area contributed by atoms with Gasteiger partial charge in [0.25, 0.3) is 5.91 Å². The van der Waals surface area contributed by atoms with E-state index in [1.165, 1.54) is 0 Å². The van der Waals surface area contributed by atoms with Gasteiger partial charge < -0.3 is 10.1 Å². The maximum atomic E-state index is 12.7. The van der Waals surface area contributed by atoms with E-state index in [-0.39, 0.29) is 5.91 Å². The summed E-state index contributed by atoms with van der Waals surface area (Å²) in [4.78, 5) is 12.7. The number of hydrogen-bond donors (Lipinski definition) is 1. The van der Waals surface area contributed by atoms with Gasteiger partial charge in [0.2, 0.25) is 0 Å². The van der Waals surface area contributed by atoms with Crippen LogP contribution in [0, 0.1) is 0 Å². The molecule has 0 atom stereocenters. The third kappa shape index (κ3) is 3.90. The summed E-state index contributed by atoms with van der Waals surface area (Å²) < 4.78 is 6.91. The molecule has 27 heavy (non-hydrogen) atoms. The smallest absolute Gasteiger partial charge is 0.274 e. The lowest BCUT2D eigenvalue weighted by atomic mass is 10.1. The predicted molar refractivity (Wildman–Crippen MR) is 102 cm³/mol. The number of methoxy groups -OCH3 is 1. The van der Waals surface area contributed by atoms with Crippen LogP contribution in [0.4, 0.5) is 0 Å². The second-order valence-electron chi connectivity index (χ2n) is 6.78. The topological polar surface area (TPSA) is 69.0 Å². The summed E-state index contributed by atoms with van der Waals surface area (Å²) in [6.07, 6.45) is 2.14. The third-order valence-electron chi connectivity index (χ3n) is 4.67. The van der Waals surface area contributed by atoms with Gasteiger partial charge in [-0.2, -0.15) is 0 Å². The van der Waals surface area contributed by atoms with E-state index >= 15 is 0 Å². The van der Waals surface area contributed by atoms with E-state index in [1.54, 1.807) is 11.8 Å². The molecule has 1 aliphatic rings. The van der Waals surface area contributed by atoms with Gasteiger partial charge >= 0.3 is 0 Å². The van der Waals surface area contributed by atoms with E-state index in [0.29, 0.717) is 24.8 Å². The molecule has 3 aromatic rings. The van der Waals surface area contributed by atoms with E-state index in [9.17, 15) is 4.79 Å². The first-order chi connectivity index (χ1) is 13.3. The number of nitrogens with one attached hydrogen (secondary N) is 1. The molecule has 2 aromatic carbocycles. The number of carbonyl (C=O) groups excluding carboxylic acids is 1. The van der Waals surface area contributed by atoms with E-state index < -0.39 is 0 Å². The van der Waals surface area contributed by atoms with E-state index in [2.05, 4.69) is 15.6 Å². The monoisotopic (exact) mass is 362 g/mol. The van der Waals surface area contributed by atoms with E-state index in [1.807, 2.05) is 54.6 Å². The molecule has 0 bridgehead atoms. The van der Waals surface area contributed by atoms with Crippen molar-refractivity contribution >= 4 is 5.91 Å². The van der Waals surface area contributed by atoms with Crippen molar-refractivity contribution in [3.05, 3.63) is 77.1 Å². The zero-order valence-electron chi connectivity index (χ0n) is 15.3. The van der Waals surface area contributed by atoms with Crippen LogP contribution in [0.3, 0.4) is 0 Å². The Labute approximate surface area is 158 Å². The molecule has 0 saturated heterocycles. The number of aromatic nitrogens is 3. The van der Waals surface area contributed by atoms with Crippen LogP contribution < -0.4 is 5.32 Å². The van der Waals surface area contributed by atoms with Crippen molar-refractivity contribution in [1.82, 2.24) is 20.3 Å². The summed E-state index contributed by atoms with van der Waals surface area (Å²) in [5, 5.41) is 11.4. The molecule has 138 valence electrons. The van der Waals surface area contributed by atoms with Gasteiger partial charge in [-0.3, -0.25) is 4.79 Å². The molecule has 0 spiro atoms. The van der Waals surface area contributed by atoms with Gasteiger partial charge in [0.05, 0.1) is 18.0 Å². The van der Waals surface area contributed by atoms with Gasteiger partial charge in [0.1, 0.15) is 0 Å². The number of rotatable bonds is 7. The number of benzene rings is 2. The average Bonchev–Trinajstić information content (AvgIpc) is 3.46. The molecule has 1 aromatic heterocycles. The minimum absolute atomic E-state index is 0.181. The van der Waals surface area contributed by atoms with Crippen LogP contribution in [0.2, 0.25) is 0 Å². The number of ether oxygens (including phenoxy) is 1. The highest BCUT2D eigenvalue weighted by Crippen LogP contribution is 2.41.